The minimum Gasteiger partial charge on any atom is -0.385 e. The lowest BCUT2D eigenvalue weighted by Crippen LogP contribution is -2.26. The zero-order valence-electron chi connectivity index (χ0n) is 14.4. The first kappa shape index (κ1) is 19.0. The van der Waals surface area contributed by atoms with Crippen LogP contribution in [0.25, 0.3) is 0 Å². The van der Waals surface area contributed by atoms with Gasteiger partial charge in [0.05, 0.1) is 12.1 Å². The number of nitrogens with zero attached hydrogens (tertiary/aromatic N) is 1. The SMILES string of the molecule is COCCCNC(=O)Cc1csc(SCc2cc(C)ccc2C)n1. The topological polar surface area (TPSA) is 51.2 Å². The van der Waals surface area contributed by atoms with Gasteiger partial charge in [0.1, 0.15) is 4.34 Å². The smallest absolute Gasteiger partial charge is 0.226 e. The Balaban J connectivity index is 1.80. The molecule has 0 radical (unpaired) electrons. The Labute approximate surface area is 152 Å². The molecule has 24 heavy (non-hydrogen) atoms. The molecule has 1 aromatic heterocycles. The second kappa shape index (κ2) is 9.81. The Morgan fingerprint density at radius 2 is 2.21 bits per heavy atom. The summed E-state index contributed by atoms with van der Waals surface area (Å²) < 4.78 is 5.97. The van der Waals surface area contributed by atoms with Crippen molar-refractivity contribution in [1.29, 1.82) is 0 Å². The van der Waals surface area contributed by atoms with Crippen LogP contribution in [0.15, 0.2) is 27.9 Å². The van der Waals surface area contributed by atoms with E-state index in [1.807, 2.05) is 5.38 Å². The van der Waals surface area contributed by atoms with Crippen molar-refractivity contribution >= 4 is 29.0 Å². The standard InChI is InChI=1S/C18H24N2O2S2/c1-13-5-6-14(2)15(9-13)11-23-18-20-16(12-24-18)10-17(21)19-7-4-8-22-3/h5-6,9,12H,4,7-8,10-11H2,1-3H3,(H,19,21). The lowest BCUT2D eigenvalue weighted by Gasteiger charge is -2.05. The van der Waals surface area contributed by atoms with E-state index in [4.69, 9.17) is 4.74 Å². The first-order valence-corrected chi connectivity index (χ1v) is 9.84. The number of aromatic nitrogens is 1. The van der Waals surface area contributed by atoms with Gasteiger partial charge in [0, 0.05) is 31.4 Å². The number of nitrogens with one attached hydrogen (secondary N) is 1. The number of aryl methyl sites for hydroxylation is 2. The number of ether oxygens (including phenoxy) is 1. The van der Waals surface area contributed by atoms with E-state index in [-0.39, 0.29) is 5.91 Å². The van der Waals surface area contributed by atoms with E-state index in [9.17, 15) is 4.79 Å². The number of carbonyl (C=O) groups excluding carboxylic acids is 1. The molecule has 6 heteroatoms. The van der Waals surface area contributed by atoms with Crippen molar-refractivity contribution in [3.05, 3.63) is 46.0 Å². The molecule has 0 saturated heterocycles. The van der Waals surface area contributed by atoms with Gasteiger partial charge in [-0.05, 0) is 31.4 Å². The average Bonchev–Trinajstić information content (AvgIpc) is 3.00. The molecule has 1 N–H and O–H groups in total. The van der Waals surface area contributed by atoms with Crippen LogP contribution in [-0.4, -0.2) is 31.2 Å². The number of benzene rings is 1. The molecule has 0 aliphatic carbocycles. The first-order chi connectivity index (χ1) is 11.6. The molecule has 0 bridgehead atoms. The van der Waals surface area contributed by atoms with Crippen molar-refractivity contribution in [1.82, 2.24) is 10.3 Å². The van der Waals surface area contributed by atoms with E-state index in [0.717, 1.165) is 22.2 Å². The normalized spacial score (nSPS) is 10.8. The lowest BCUT2D eigenvalue weighted by atomic mass is 10.1. The number of hydrogen-bond donors (Lipinski definition) is 1. The van der Waals surface area contributed by atoms with E-state index in [0.29, 0.717) is 19.6 Å². The molecule has 1 amide bonds. The van der Waals surface area contributed by atoms with E-state index < -0.39 is 0 Å². The predicted molar refractivity (Wildman–Crippen MR) is 101 cm³/mol. The van der Waals surface area contributed by atoms with Gasteiger partial charge in [-0.25, -0.2) is 4.98 Å². The first-order valence-electron chi connectivity index (χ1n) is 7.97. The van der Waals surface area contributed by atoms with Gasteiger partial charge >= 0.3 is 0 Å². The minimum absolute atomic E-state index is 0.0162. The molecule has 1 aromatic carbocycles. The minimum atomic E-state index is 0.0162. The highest BCUT2D eigenvalue weighted by Crippen LogP contribution is 2.27. The molecule has 2 aromatic rings. The molecule has 2 rings (SSSR count). The van der Waals surface area contributed by atoms with Crippen LogP contribution in [0, 0.1) is 13.8 Å². The Hall–Kier alpha value is -1.37. The van der Waals surface area contributed by atoms with Crippen molar-refractivity contribution in [2.75, 3.05) is 20.3 Å². The van der Waals surface area contributed by atoms with E-state index >= 15 is 0 Å². The quantitative estimate of drug-likeness (QED) is 0.544. The fraction of sp³-hybridized carbons (Fsp3) is 0.444. The largest absolute Gasteiger partial charge is 0.385 e. The van der Waals surface area contributed by atoms with Crippen molar-refractivity contribution in [2.45, 2.75) is 36.8 Å². The number of rotatable bonds is 9. The van der Waals surface area contributed by atoms with Crippen LogP contribution in [0.1, 0.15) is 28.8 Å². The van der Waals surface area contributed by atoms with Gasteiger partial charge in [0.2, 0.25) is 5.91 Å². The second-order valence-corrected chi connectivity index (χ2v) is 7.78. The molecule has 0 aliphatic heterocycles. The van der Waals surface area contributed by atoms with Gasteiger partial charge < -0.3 is 10.1 Å². The maximum absolute atomic E-state index is 11.9. The van der Waals surface area contributed by atoms with E-state index in [2.05, 4.69) is 42.3 Å². The summed E-state index contributed by atoms with van der Waals surface area (Å²) in [5.41, 5.74) is 4.77. The molecular formula is C18H24N2O2S2. The molecule has 0 fully saturated rings. The van der Waals surface area contributed by atoms with Crippen molar-refractivity contribution in [3.63, 3.8) is 0 Å². The number of hydrogen-bond acceptors (Lipinski definition) is 5. The summed E-state index contributed by atoms with van der Waals surface area (Å²) in [6.07, 6.45) is 1.17. The third-order valence-electron chi connectivity index (χ3n) is 3.58. The number of carbonyl (C=O) groups is 1. The molecular weight excluding hydrogens is 340 g/mol. The number of thiazole rings is 1. The summed E-state index contributed by atoms with van der Waals surface area (Å²) in [5, 5.41) is 4.86. The van der Waals surface area contributed by atoms with Crippen LogP contribution in [0.2, 0.25) is 0 Å². The predicted octanol–water partition coefficient (Wildman–Crippen LogP) is 3.75. The molecule has 0 spiro atoms. The summed E-state index contributed by atoms with van der Waals surface area (Å²) in [6, 6.07) is 6.52. The molecule has 0 atom stereocenters. The molecule has 4 nitrogen and oxygen atoms in total. The third kappa shape index (κ3) is 6.26. The lowest BCUT2D eigenvalue weighted by molar-refractivity contribution is -0.120. The van der Waals surface area contributed by atoms with Gasteiger partial charge in [0.15, 0.2) is 0 Å². The highest BCUT2D eigenvalue weighted by molar-refractivity contribution is 8.00. The van der Waals surface area contributed by atoms with Crippen LogP contribution in [0.5, 0.6) is 0 Å². The Bertz CT molecular complexity index is 671. The fourth-order valence-electron chi connectivity index (χ4n) is 2.20. The van der Waals surface area contributed by atoms with Crippen LogP contribution in [0.4, 0.5) is 0 Å². The van der Waals surface area contributed by atoms with Gasteiger partial charge in [-0.1, -0.05) is 35.5 Å². The number of thioether (sulfide) groups is 1. The van der Waals surface area contributed by atoms with Gasteiger partial charge in [-0.15, -0.1) is 11.3 Å². The maximum Gasteiger partial charge on any atom is 0.226 e. The number of amides is 1. The van der Waals surface area contributed by atoms with E-state index in [1.54, 1.807) is 30.2 Å². The van der Waals surface area contributed by atoms with Crippen LogP contribution < -0.4 is 5.32 Å². The van der Waals surface area contributed by atoms with Gasteiger partial charge in [-0.2, -0.15) is 0 Å². The molecule has 0 unspecified atom stereocenters. The summed E-state index contributed by atoms with van der Waals surface area (Å²) in [7, 11) is 1.66. The Morgan fingerprint density at radius 3 is 3.00 bits per heavy atom. The Morgan fingerprint density at radius 1 is 1.38 bits per heavy atom. The maximum atomic E-state index is 11.9. The van der Waals surface area contributed by atoms with Crippen molar-refractivity contribution in [3.8, 4) is 0 Å². The number of methoxy groups -OCH3 is 1. The zero-order valence-corrected chi connectivity index (χ0v) is 16.1. The molecule has 0 aliphatic rings. The van der Waals surface area contributed by atoms with Crippen molar-refractivity contribution in [2.24, 2.45) is 0 Å². The van der Waals surface area contributed by atoms with Crippen LogP contribution >= 0.6 is 23.1 Å². The monoisotopic (exact) mass is 364 g/mol. The summed E-state index contributed by atoms with van der Waals surface area (Å²) in [4.78, 5) is 16.4. The third-order valence-corrected chi connectivity index (χ3v) is 5.69. The van der Waals surface area contributed by atoms with Crippen molar-refractivity contribution < 1.29 is 9.53 Å². The van der Waals surface area contributed by atoms with Crippen LogP contribution in [0.3, 0.4) is 0 Å². The molecule has 130 valence electrons. The second-order valence-electron chi connectivity index (χ2n) is 5.70. The molecule has 0 saturated carbocycles. The van der Waals surface area contributed by atoms with E-state index in [1.165, 1.54) is 16.7 Å². The zero-order chi connectivity index (χ0) is 17.4. The summed E-state index contributed by atoms with van der Waals surface area (Å²) in [6.45, 7) is 5.55. The van der Waals surface area contributed by atoms with Gasteiger partial charge in [0.25, 0.3) is 0 Å². The van der Waals surface area contributed by atoms with Crippen LogP contribution in [-0.2, 0) is 21.7 Å². The highest BCUT2D eigenvalue weighted by Gasteiger charge is 2.09. The fourth-order valence-corrected chi connectivity index (χ4v) is 4.11. The summed E-state index contributed by atoms with van der Waals surface area (Å²) in [5.74, 6) is 0.923. The highest BCUT2D eigenvalue weighted by atomic mass is 32.2. The summed E-state index contributed by atoms with van der Waals surface area (Å²) >= 11 is 3.33. The molecule has 1 heterocycles. The average molecular weight is 365 g/mol. The van der Waals surface area contributed by atoms with Gasteiger partial charge in [-0.3, -0.25) is 4.79 Å². The Kier molecular flexibility index (Phi) is 7.75.